The number of nitrogens with one attached hydrogen (secondary N) is 1. The fourth-order valence-electron chi connectivity index (χ4n) is 3.00. The van der Waals surface area contributed by atoms with Crippen LogP contribution in [0.25, 0.3) is 0 Å². The van der Waals surface area contributed by atoms with Gasteiger partial charge in [-0.05, 0) is 31.4 Å². The first-order valence-electron chi connectivity index (χ1n) is 5.72. The van der Waals surface area contributed by atoms with Crippen LogP contribution in [0, 0.1) is 6.92 Å². The minimum absolute atomic E-state index is 0.737. The van der Waals surface area contributed by atoms with Crippen molar-refractivity contribution >= 4 is 5.69 Å². The Morgan fingerprint density at radius 1 is 1.21 bits per heavy atom. The van der Waals surface area contributed by atoms with Gasteiger partial charge in [0.25, 0.3) is 0 Å². The maximum absolute atomic E-state index is 3.66. The molecule has 1 aromatic carbocycles. The lowest BCUT2D eigenvalue weighted by molar-refractivity contribution is 0.422. The fraction of sp³-hybridized carbons (Fsp3) is 0.538. The van der Waals surface area contributed by atoms with E-state index in [4.69, 9.17) is 0 Å². The Labute approximate surface area is 85.5 Å². The van der Waals surface area contributed by atoms with Crippen molar-refractivity contribution in [2.45, 2.75) is 44.6 Å². The summed E-state index contributed by atoms with van der Waals surface area (Å²) in [6.45, 7) is 2.19. The normalized spacial score (nSPS) is 29.2. The van der Waals surface area contributed by atoms with E-state index < -0.39 is 0 Å². The van der Waals surface area contributed by atoms with E-state index in [1.165, 1.54) is 36.9 Å². The second-order valence-electron chi connectivity index (χ2n) is 4.73. The average molecular weight is 187 g/mol. The van der Waals surface area contributed by atoms with Crippen molar-refractivity contribution < 1.29 is 0 Å². The molecule has 1 aliphatic carbocycles. The molecule has 0 unspecified atom stereocenters. The van der Waals surface area contributed by atoms with E-state index in [1.54, 1.807) is 5.56 Å². The van der Waals surface area contributed by atoms with Crippen molar-refractivity contribution in [2.24, 2.45) is 0 Å². The zero-order valence-corrected chi connectivity index (χ0v) is 8.72. The van der Waals surface area contributed by atoms with Crippen molar-refractivity contribution in [3.8, 4) is 0 Å². The number of anilines is 1. The number of hydrogen-bond donors (Lipinski definition) is 1. The molecule has 14 heavy (non-hydrogen) atoms. The molecule has 0 aromatic heterocycles. The molecule has 0 amide bonds. The van der Waals surface area contributed by atoms with Crippen LogP contribution < -0.4 is 5.32 Å². The molecule has 3 rings (SSSR count). The monoisotopic (exact) mass is 187 g/mol. The van der Waals surface area contributed by atoms with Gasteiger partial charge in [0.05, 0.1) is 0 Å². The molecule has 0 saturated heterocycles. The van der Waals surface area contributed by atoms with Crippen molar-refractivity contribution in [1.82, 2.24) is 0 Å². The minimum Gasteiger partial charge on any atom is -0.381 e. The first-order chi connectivity index (χ1) is 6.84. The van der Waals surface area contributed by atoms with Crippen molar-refractivity contribution in [1.29, 1.82) is 0 Å². The van der Waals surface area contributed by atoms with Crippen LogP contribution >= 0.6 is 0 Å². The van der Waals surface area contributed by atoms with Crippen LogP contribution in [0.5, 0.6) is 0 Å². The van der Waals surface area contributed by atoms with Crippen LogP contribution in [-0.4, -0.2) is 6.04 Å². The molecule has 1 aromatic rings. The SMILES string of the molecule is Cc1ccc2c(c1)[C@H]1CCCC[C@@H]1N2. The van der Waals surface area contributed by atoms with Crippen LogP contribution in [0.1, 0.15) is 42.7 Å². The summed E-state index contributed by atoms with van der Waals surface area (Å²) in [6, 6.07) is 7.57. The molecule has 1 heteroatoms. The highest BCUT2D eigenvalue weighted by Crippen LogP contribution is 2.43. The lowest BCUT2D eigenvalue weighted by Crippen LogP contribution is -2.23. The van der Waals surface area contributed by atoms with E-state index in [9.17, 15) is 0 Å². The third-order valence-corrected chi connectivity index (χ3v) is 3.71. The van der Waals surface area contributed by atoms with Gasteiger partial charge in [0.15, 0.2) is 0 Å². The zero-order chi connectivity index (χ0) is 9.54. The second-order valence-corrected chi connectivity index (χ2v) is 4.73. The molecule has 0 radical (unpaired) electrons. The van der Waals surface area contributed by atoms with Gasteiger partial charge in [-0.3, -0.25) is 0 Å². The first-order valence-corrected chi connectivity index (χ1v) is 5.72. The van der Waals surface area contributed by atoms with Crippen molar-refractivity contribution in [2.75, 3.05) is 5.32 Å². The topological polar surface area (TPSA) is 12.0 Å². The van der Waals surface area contributed by atoms with Gasteiger partial charge in [-0.2, -0.15) is 0 Å². The summed E-state index contributed by atoms with van der Waals surface area (Å²) in [5, 5.41) is 3.66. The molecular formula is C13H17N. The number of hydrogen-bond acceptors (Lipinski definition) is 1. The first kappa shape index (κ1) is 8.34. The summed E-state index contributed by atoms with van der Waals surface area (Å²) >= 11 is 0. The molecule has 1 fully saturated rings. The summed E-state index contributed by atoms with van der Waals surface area (Å²) in [5.74, 6) is 0.804. The third-order valence-electron chi connectivity index (χ3n) is 3.71. The van der Waals surface area contributed by atoms with E-state index in [1.807, 2.05) is 0 Å². The Bertz CT molecular complexity index is 356. The van der Waals surface area contributed by atoms with E-state index in [-0.39, 0.29) is 0 Å². The van der Waals surface area contributed by atoms with Crippen LogP contribution in [-0.2, 0) is 0 Å². The Balaban J connectivity index is 2.02. The van der Waals surface area contributed by atoms with Crippen LogP contribution in [0.3, 0.4) is 0 Å². The van der Waals surface area contributed by atoms with Gasteiger partial charge in [-0.25, -0.2) is 0 Å². The maximum atomic E-state index is 3.66. The van der Waals surface area contributed by atoms with E-state index in [0.29, 0.717) is 0 Å². The summed E-state index contributed by atoms with van der Waals surface area (Å²) in [7, 11) is 0. The lowest BCUT2D eigenvalue weighted by atomic mass is 9.82. The van der Waals surface area contributed by atoms with E-state index in [2.05, 4.69) is 30.4 Å². The van der Waals surface area contributed by atoms with Crippen molar-refractivity contribution in [3.05, 3.63) is 29.3 Å². The third kappa shape index (κ3) is 1.15. The standard InChI is InChI=1S/C13H17N/c1-9-6-7-13-11(8-9)10-4-2-3-5-12(10)14-13/h6-8,10,12,14H,2-5H2,1H3/t10-,12+/m1/s1. The molecule has 2 atom stereocenters. The fourth-order valence-corrected chi connectivity index (χ4v) is 3.00. The summed E-state index contributed by atoms with van der Waals surface area (Å²) in [6.07, 6.45) is 5.56. The zero-order valence-electron chi connectivity index (χ0n) is 8.72. The predicted octanol–water partition coefficient (Wildman–Crippen LogP) is 3.45. The summed E-state index contributed by atoms with van der Waals surface area (Å²) in [5.41, 5.74) is 4.37. The quantitative estimate of drug-likeness (QED) is 0.656. The molecule has 0 spiro atoms. The van der Waals surface area contributed by atoms with Gasteiger partial charge in [-0.15, -0.1) is 0 Å². The van der Waals surface area contributed by atoms with Gasteiger partial charge in [0.1, 0.15) is 0 Å². The maximum Gasteiger partial charge on any atom is 0.0378 e. The Morgan fingerprint density at radius 2 is 2.07 bits per heavy atom. The molecular weight excluding hydrogens is 170 g/mol. The molecule has 1 N–H and O–H groups in total. The number of rotatable bonds is 0. The van der Waals surface area contributed by atoms with Gasteiger partial charge in [0, 0.05) is 17.6 Å². The van der Waals surface area contributed by atoms with Crippen LogP contribution in [0.2, 0.25) is 0 Å². The lowest BCUT2D eigenvalue weighted by Gasteiger charge is -2.25. The molecule has 1 saturated carbocycles. The predicted molar refractivity (Wildman–Crippen MR) is 59.8 cm³/mol. The van der Waals surface area contributed by atoms with Crippen molar-refractivity contribution in [3.63, 3.8) is 0 Å². The van der Waals surface area contributed by atoms with Gasteiger partial charge in [0.2, 0.25) is 0 Å². The molecule has 1 aliphatic heterocycles. The largest absolute Gasteiger partial charge is 0.381 e. The van der Waals surface area contributed by atoms with Gasteiger partial charge < -0.3 is 5.32 Å². The number of aryl methyl sites for hydroxylation is 1. The number of fused-ring (bicyclic) bond motifs is 3. The number of benzene rings is 1. The minimum atomic E-state index is 0.737. The average Bonchev–Trinajstić information content (AvgIpc) is 2.56. The summed E-state index contributed by atoms with van der Waals surface area (Å²) in [4.78, 5) is 0. The smallest absolute Gasteiger partial charge is 0.0378 e. The highest BCUT2D eigenvalue weighted by Gasteiger charge is 2.33. The molecule has 1 heterocycles. The van der Waals surface area contributed by atoms with Gasteiger partial charge in [-0.1, -0.05) is 30.5 Å². The summed E-state index contributed by atoms with van der Waals surface area (Å²) < 4.78 is 0. The second kappa shape index (κ2) is 3.01. The van der Waals surface area contributed by atoms with E-state index >= 15 is 0 Å². The molecule has 0 bridgehead atoms. The van der Waals surface area contributed by atoms with E-state index in [0.717, 1.165) is 12.0 Å². The van der Waals surface area contributed by atoms with Crippen LogP contribution in [0.4, 0.5) is 5.69 Å². The Morgan fingerprint density at radius 3 is 3.00 bits per heavy atom. The Hall–Kier alpha value is -0.980. The highest BCUT2D eigenvalue weighted by molar-refractivity contribution is 5.60. The molecule has 1 nitrogen and oxygen atoms in total. The van der Waals surface area contributed by atoms with Crippen LogP contribution in [0.15, 0.2) is 18.2 Å². The van der Waals surface area contributed by atoms with Gasteiger partial charge >= 0.3 is 0 Å². The highest BCUT2D eigenvalue weighted by atomic mass is 15.0. The Kier molecular flexibility index (Phi) is 1.79. The molecule has 2 aliphatic rings. The molecule has 74 valence electrons.